The summed E-state index contributed by atoms with van der Waals surface area (Å²) in [6, 6.07) is 14.1. The minimum absolute atomic E-state index is 0.130. The van der Waals surface area contributed by atoms with Crippen LogP contribution in [0.1, 0.15) is 30.0 Å². The second-order valence-corrected chi connectivity index (χ2v) is 6.60. The number of nitrogen functional groups attached to an aromatic ring is 1. The molecule has 3 aromatic rings. The molecule has 1 aromatic heterocycles. The summed E-state index contributed by atoms with van der Waals surface area (Å²) in [7, 11) is 0. The summed E-state index contributed by atoms with van der Waals surface area (Å²) in [5.74, 6) is 0. The van der Waals surface area contributed by atoms with Crippen LogP contribution in [0.25, 0.3) is 10.1 Å². The van der Waals surface area contributed by atoms with Gasteiger partial charge in [0.05, 0.1) is 16.1 Å². The van der Waals surface area contributed by atoms with E-state index in [1.165, 1.54) is 11.1 Å². The van der Waals surface area contributed by atoms with Crippen LogP contribution < -0.4 is 11.3 Å². The number of aromatic nitrogens is 1. The van der Waals surface area contributed by atoms with E-state index in [0.29, 0.717) is 0 Å². The number of rotatable bonds is 1. The summed E-state index contributed by atoms with van der Waals surface area (Å²) in [6.45, 7) is 0. The van der Waals surface area contributed by atoms with Gasteiger partial charge in [-0.3, -0.25) is 8.75 Å². The van der Waals surface area contributed by atoms with E-state index in [1.54, 1.807) is 11.5 Å². The number of aryl methyl sites for hydroxylation is 1. The van der Waals surface area contributed by atoms with E-state index in [9.17, 15) is 4.79 Å². The molecule has 4 heteroatoms. The monoisotopic (exact) mass is 296 g/mol. The maximum atomic E-state index is 12.7. The van der Waals surface area contributed by atoms with Gasteiger partial charge in [0, 0.05) is 5.69 Å². The van der Waals surface area contributed by atoms with Gasteiger partial charge >= 0.3 is 0 Å². The third-order valence-corrected chi connectivity index (χ3v) is 5.42. The van der Waals surface area contributed by atoms with Crippen LogP contribution in [0.5, 0.6) is 0 Å². The lowest BCUT2D eigenvalue weighted by Gasteiger charge is -2.25. The fourth-order valence-corrected chi connectivity index (χ4v) is 4.38. The summed E-state index contributed by atoms with van der Waals surface area (Å²) >= 11 is 1.57. The van der Waals surface area contributed by atoms with E-state index in [1.807, 2.05) is 34.3 Å². The highest BCUT2D eigenvalue weighted by Gasteiger charge is 2.24. The van der Waals surface area contributed by atoms with Crippen LogP contribution in [0.15, 0.2) is 47.3 Å². The molecule has 1 aliphatic rings. The molecule has 0 bridgehead atoms. The first-order valence-corrected chi connectivity index (χ1v) is 8.00. The van der Waals surface area contributed by atoms with Gasteiger partial charge in [0.2, 0.25) is 0 Å². The molecule has 1 atom stereocenters. The molecule has 21 heavy (non-hydrogen) atoms. The van der Waals surface area contributed by atoms with Crippen molar-refractivity contribution in [3.63, 3.8) is 0 Å². The fourth-order valence-electron chi connectivity index (χ4n) is 3.25. The minimum Gasteiger partial charge on any atom is -0.399 e. The number of nitrogens with zero attached hydrogens (tertiary/aromatic N) is 1. The molecular weight excluding hydrogens is 280 g/mol. The largest absolute Gasteiger partial charge is 0.399 e. The van der Waals surface area contributed by atoms with Gasteiger partial charge in [0.1, 0.15) is 0 Å². The van der Waals surface area contributed by atoms with Crippen molar-refractivity contribution in [2.45, 2.75) is 25.3 Å². The van der Waals surface area contributed by atoms with Crippen LogP contribution in [0.3, 0.4) is 0 Å². The van der Waals surface area contributed by atoms with Crippen LogP contribution in [0.2, 0.25) is 0 Å². The summed E-state index contributed by atoms with van der Waals surface area (Å²) in [5.41, 5.74) is 9.37. The average Bonchev–Trinajstić information content (AvgIpc) is 2.84. The molecule has 0 radical (unpaired) electrons. The van der Waals surface area contributed by atoms with E-state index in [-0.39, 0.29) is 11.6 Å². The van der Waals surface area contributed by atoms with Gasteiger partial charge in [-0.15, -0.1) is 0 Å². The summed E-state index contributed by atoms with van der Waals surface area (Å²) < 4.78 is 3.00. The zero-order valence-corrected chi connectivity index (χ0v) is 12.4. The first-order valence-electron chi connectivity index (χ1n) is 7.23. The standard InChI is InChI=1S/C17H16N2OS/c18-12-8-9-13-11(10-12)4-3-6-15(13)19-17(20)14-5-1-2-7-16(14)21-19/h1-2,5,7-10,15H,3-4,6,18H2. The first-order chi connectivity index (χ1) is 10.2. The van der Waals surface area contributed by atoms with Gasteiger partial charge < -0.3 is 5.73 Å². The topological polar surface area (TPSA) is 48.0 Å². The minimum atomic E-state index is 0.130. The summed E-state index contributed by atoms with van der Waals surface area (Å²) in [6.07, 6.45) is 3.17. The second-order valence-electron chi connectivity index (χ2n) is 5.58. The van der Waals surface area contributed by atoms with Crippen LogP contribution in [0.4, 0.5) is 5.69 Å². The Kier molecular flexibility index (Phi) is 2.86. The van der Waals surface area contributed by atoms with Gasteiger partial charge in [-0.05, 0) is 54.7 Å². The number of hydrogen-bond acceptors (Lipinski definition) is 3. The Labute approximate surface area is 126 Å². The Hall–Kier alpha value is -2.07. The molecule has 1 unspecified atom stereocenters. The lowest BCUT2D eigenvalue weighted by Crippen LogP contribution is -2.23. The van der Waals surface area contributed by atoms with Crippen molar-refractivity contribution >= 4 is 27.3 Å². The van der Waals surface area contributed by atoms with E-state index in [4.69, 9.17) is 5.73 Å². The van der Waals surface area contributed by atoms with Crippen molar-refractivity contribution in [2.24, 2.45) is 0 Å². The quantitative estimate of drug-likeness (QED) is 0.698. The molecule has 0 saturated carbocycles. The van der Waals surface area contributed by atoms with Gasteiger partial charge in [-0.2, -0.15) is 0 Å². The molecule has 3 nitrogen and oxygen atoms in total. The van der Waals surface area contributed by atoms with E-state index in [0.717, 1.165) is 35.0 Å². The SMILES string of the molecule is Nc1ccc2c(c1)CCCC2n1sc2ccccc2c1=O. The van der Waals surface area contributed by atoms with Crippen molar-refractivity contribution in [1.82, 2.24) is 3.96 Å². The number of nitrogens with two attached hydrogens (primary N) is 1. The normalized spacial score (nSPS) is 17.8. The van der Waals surface area contributed by atoms with Crippen LogP contribution in [-0.4, -0.2) is 3.96 Å². The Morgan fingerprint density at radius 2 is 2.05 bits per heavy atom. The van der Waals surface area contributed by atoms with Gasteiger partial charge in [0.15, 0.2) is 0 Å². The molecular formula is C17H16N2OS. The maximum absolute atomic E-state index is 12.7. The maximum Gasteiger partial charge on any atom is 0.269 e. The lowest BCUT2D eigenvalue weighted by atomic mass is 9.87. The zero-order valence-electron chi connectivity index (χ0n) is 11.6. The second kappa shape index (κ2) is 4.74. The Morgan fingerprint density at radius 3 is 2.90 bits per heavy atom. The third kappa shape index (κ3) is 1.98. The van der Waals surface area contributed by atoms with E-state index >= 15 is 0 Å². The summed E-state index contributed by atoms with van der Waals surface area (Å²) in [4.78, 5) is 12.7. The molecule has 1 heterocycles. The highest BCUT2D eigenvalue weighted by molar-refractivity contribution is 7.13. The molecule has 0 fully saturated rings. The first kappa shape index (κ1) is 12.7. The van der Waals surface area contributed by atoms with Crippen molar-refractivity contribution in [3.05, 3.63) is 63.9 Å². The number of anilines is 1. The van der Waals surface area contributed by atoms with E-state index in [2.05, 4.69) is 12.1 Å². The Bertz CT molecular complexity index is 878. The predicted molar refractivity (Wildman–Crippen MR) is 88.0 cm³/mol. The molecule has 0 saturated heterocycles. The van der Waals surface area contributed by atoms with Crippen molar-refractivity contribution in [3.8, 4) is 0 Å². The van der Waals surface area contributed by atoms with Crippen molar-refractivity contribution in [1.29, 1.82) is 0 Å². The third-order valence-electron chi connectivity index (χ3n) is 4.25. The van der Waals surface area contributed by atoms with Crippen LogP contribution >= 0.6 is 11.5 Å². The van der Waals surface area contributed by atoms with Crippen molar-refractivity contribution < 1.29 is 0 Å². The van der Waals surface area contributed by atoms with E-state index < -0.39 is 0 Å². The molecule has 1 aliphatic carbocycles. The molecule has 2 N–H and O–H groups in total. The van der Waals surface area contributed by atoms with Gasteiger partial charge in [-0.25, -0.2) is 0 Å². The Morgan fingerprint density at radius 1 is 1.19 bits per heavy atom. The molecule has 0 spiro atoms. The molecule has 4 rings (SSSR count). The predicted octanol–water partition coefficient (Wildman–Crippen LogP) is 3.57. The average molecular weight is 296 g/mol. The molecule has 0 aliphatic heterocycles. The van der Waals surface area contributed by atoms with Crippen LogP contribution in [-0.2, 0) is 6.42 Å². The molecule has 0 amide bonds. The number of fused-ring (bicyclic) bond motifs is 2. The highest BCUT2D eigenvalue weighted by Crippen LogP contribution is 2.35. The smallest absolute Gasteiger partial charge is 0.269 e. The Balaban J connectivity index is 1.91. The fraction of sp³-hybridized carbons (Fsp3) is 0.235. The summed E-state index contributed by atoms with van der Waals surface area (Å²) in [5, 5.41) is 0.824. The molecule has 106 valence electrons. The highest BCUT2D eigenvalue weighted by atomic mass is 32.1. The number of hydrogen-bond donors (Lipinski definition) is 1. The number of benzene rings is 2. The van der Waals surface area contributed by atoms with Crippen molar-refractivity contribution in [2.75, 3.05) is 5.73 Å². The molecule has 2 aromatic carbocycles. The van der Waals surface area contributed by atoms with Gasteiger partial charge in [-0.1, -0.05) is 29.7 Å². The lowest BCUT2D eigenvalue weighted by molar-refractivity contribution is 0.509. The van der Waals surface area contributed by atoms with Crippen LogP contribution in [0, 0.1) is 0 Å². The zero-order chi connectivity index (χ0) is 14.4. The van der Waals surface area contributed by atoms with Gasteiger partial charge in [0.25, 0.3) is 5.56 Å².